The van der Waals surface area contributed by atoms with Gasteiger partial charge in [-0.1, -0.05) is 32.1 Å². The van der Waals surface area contributed by atoms with Gasteiger partial charge in [-0.15, -0.1) is 0 Å². The van der Waals surface area contributed by atoms with E-state index in [4.69, 9.17) is 22.7 Å². The SMILES string of the molecule is COc1ccc(CN(CCC(N)=S)CC(C)C)cc1F. The van der Waals surface area contributed by atoms with Crippen LogP contribution in [0, 0.1) is 11.7 Å². The lowest BCUT2D eigenvalue weighted by molar-refractivity contribution is 0.242. The van der Waals surface area contributed by atoms with Gasteiger partial charge in [0.05, 0.1) is 12.1 Å². The van der Waals surface area contributed by atoms with Gasteiger partial charge in [0.15, 0.2) is 11.6 Å². The van der Waals surface area contributed by atoms with Crippen LogP contribution in [0.1, 0.15) is 25.8 Å². The molecule has 0 aromatic heterocycles. The first-order valence-electron chi connectivity index (χ1n) is 6.75. The van der Waals surface area contributed by atoms with Gasteiger partial charge in [-0.3, -0.25) is 4.90 Å². The molecule has 3 nitrogen and oxygen atoms in total. The normalized spacial score (nSPS) is 11.1. The Kier molecular flexibility index (Phi) is 6.88. The van der Waals surface area contributed by atoms with E-state index in [1.807, 2.05) is 6.07 Å². The maximum atomic E-state index is 13.7. The molecule has 0 saturated carbocycles. The molecular weight excluding hydrogens is 275 g/mol. The predicted molar refractivity (Wildman–Crippen MR) is 84.5 cm³/mol. The van der Waals surface area contributed by atoms with Crippen molar-refractivity contribution in [1.82, 2.24) is 4.90 Å². The Morgan fingerprint density at radius 1 is 1.45 bits per heavy atom. The standard InChI is InChI=1S/C15H23FN2OS/c1-11(2)9-18(7-6-15(17)20)10-12-4-5-14(19-3)13(16)8-12/h4-5,8,11H,6-7,9-10H2,1-3H3,(H2,17,20). The highest BCUT2D eigenvalue weighted by molar-refractivity contribution is 7.80. The second-order valence-electron chi connectivity index (χ2n) is 5.31. The van der Waals surface area contributed by atoms with Crippen LogP contribution in [-0.2, 0) is 6.54 Å². The Hall–Kier alpha value is -1.20. The second-order valence-corrected chi connectivity index (χ2v) is 5.84. The van der Waals surface area contributed by atoms with Crippen molar-refractivity contribution in [3.05, 3.63) is 29.6 Å². The molecular formula is C15H23FN2OS. The van der Waals surface area contributed by atoms with Crippen molar-refractivity contribution in [1.29, 1.82) is 0 Å². The molecule has 0 saturated heterocycles. The Bertz CT molecular complexity index is 451. The number of rotatable bonds is 8. The lowest BCUT2D eigenvalue weighted by atomic mass is 10.1. The molecule has 0 aliphatic heterocycles. The number of methoxy groups -OCH3 is 1. The zero-order chi connectivity index (χ0) is 15.1. The Labute approximate surface area is 125 Å². The summed E-state index contributed by atoms with van der Waals surface area (Å²) < 4.78 is 18.6. The molecule has 5 heteroatoms. The highest BCUT2D eigenvalue weighted by atomic mass is 32.1. The van der Waals surface area contributed by atoms with E-state index in [1.54, 1.807) is 6.07 Å². The van der Waals surface area contributed by atoms with Crippen molar-refractivity contribution < 1.29 is 9.13 Å². The highest BCUT2D eigenvalue weighted by Crippen LogP contribution is 2.19. The molecule has 0 heterocycles. The van der Waals surface area contributed by atoms with Crippen molar-refractivity contribution in [2.75, 3.05) is 20.2 Å². The van der Waals surface area contributed by atoms with E-state index in [9.17, 15) is 4.39 Å². The lowest BCUT2D eigenvalue weighted by Crippen LogP contribution is -2.30. The van der Waals surface area contributed by atoms with Crippen LogP contribution in [0.5, 0.6) is 5.75 Å². The number of hydrogen-bond acceptors (Lipinski definition) is 3. The largest absolute Gasteiger partial charge is 0.494 e. The van der Waals surface area contributed by atoms with Crippen LogP contribution in [0.4, 0.5) is 4.39 Å². The smallest absolute Gasteiger partial charge is 0.165 e. The number of hydrogen-bond donors (Lipinski definition) is 1. The number of ether oxygens (including phenoxy) is 1. The number of nitrogens with two attached hydrogens (primary N) is 1. The number of benzene rings is 1. The maximum absolute atomic E-state index is 13.7. The molecule has 0 atom stereocenters. The quantitative estimate of drug-likeness (QED) is 0.749. The molecule has 1 aromatic carbocycles. The van der Waals surface area contributed by atoms with E-state index >= 15 is 0 Å². The molecule has 0 aliphatic carbocycles. The van der Waals surface area contributed by atoms with Gasteiger partial charge >= 0.3 is 0 Å². The number of halogens is 1. The van der Waals surface area contributed by atoms with Gasteiger partial charge in [-0.05, 0) is 23.6 Å². The van der Waals surface area contributed by atoms with Crippen LogP contribution >= 0.6 is 12.2 Å². The fourth-order valence-corrected chi connectivity index (χ4v) is 2.18. The summed E-state index contributed by atoms with van der Waals surface area (Å²) in [5.41, 5.74) is 6.48. The summed E-state index contributed by atoms with van der Waals surface area (Å²) in [6.45, 7) is 6.71. The summed E-state index contributed by atoms with van der Waals surface area (Å²) in [7, 11) is 1.46. The molecule has 112 valence electrons. The first kappa shape index (κ1) is 16.9. The van der Waals surface area contributed by atoms with Gasteiger partial charge in [0.25, 0.3) is 0 Å². The molecule has 0 radical (unpaired) electrons. The first-order valence-corrected chi connectivity index (χ1v) is 7.16. The summed E-state index contributed by atoms with van der Waals surface area (Å²) in [6, 6.07) is 5.06. The molecule has 0 amide bonds. The molecule has 1 aromatic rings. The van der Waals surface area contributed by atoms with Crippen molar-refractivity contribution in [2.24, 2.45) is 11.7 Å². The van der Waals surface area contributed by atoms with Gasteiger partial charge in [-0.25, -0.2) is 4.39 Å². The minimum Gasteiger partial charge on any atom is -0.494 e. The van der Waals surface area contributed by atoms with Gasteiger partial charge in [0.1, 0.15) is 0 Å². The van der Waals surface area contributed by atoms with E-state index in [2.05, 4.69) is 18.7 Å². The molecule has 1 rings (SSSR count). The molecule has 20 heavy (non-hydrogen) atoms. The fourth-order valence-electron chi connectivity index (χ4n) is 2.09. The first-order chi connectivity index (χ1) is 9.42. The number of nitrogens with zero attached hydrogens (tertiary/aromatic N) is 1. The second kappa shape index (κ2) is 8.17. The van der Waals surface area contributed by atoms with Gasteiger partial charge in [0.2, 0.25) is 0 Å². The monoisotopic (exact) mass is 298 g/mol. The van der Waals surface area contributed by atoms with E-state index in [1.165, 1.54) is 13.2 Å². The van der Waals surface area contributed by atoms with Gasteiger partial charge < -0.3 is 10.5 Å². The molecule has 0 aliphatic rings. The average Bonchev–Trinajstić information content (AvgIpc) is 2.35. The Morgan fingerprint density at radius 2 is 2.15 bits per heavy atom. The van der Waals surface area contributed by atoms with E-state index < -0.39 is 0 Å². The van der Waals surface area contributed by atoms with E-state index in [-0.39, 0.29) is 11.6 Å². The van der Waals surface area contributed by atoms with Crippen molar-refractivity contribution in [3.8, 4) is 5.75 Å². The fraction of sp³-hybridized carbons (Fsp3) is 0.533. The maximum Gasteiger partial charge on any atom is 0.165 e. The predicted octanol–water partition coefficient (Wildman–Crippen LogP) is 2.97. The van der Waals surface area contributed by atoms with E-state index in [0.717, 1.165) is 18.7 Å². The lowest BCUT2D eigenvalue weighted by Gasteiger charge is -2.24. The van der Waals surface area contributed by atoms with E-state index in [0.29, 0.717) is 23.9 Å². The van der Waals surface area contributed by atoms with Crippen LogP contribution in [0.25, 0.3) is 0 Å². The molecule has 0 fully saturated rings. The third kappa shape index (κ3) is 5.84. The minimum atomic E-state index is -0.330. The minimum absolute atomic E-state index is 0.271. The zero-order valence-corrected chi connectivity index (χ0v) is 13.2. The van der Waals surface area contributed by atoms with Crippen LogP contribution < -0.4 is 10.5 Å². The molecule has 0 spiro atoms. The summed E-state index contributed by atoms with van der Waals surface area (Å²) in [5, 5.41) is 0. The summed E-state index contributed by atoms with van der Waals surface area (Å²) >= 11 is 4.92. The van der Waals surface area contributed by atoms with Gasteiger partial charge in [0, 0.05) is 26.1 Å². The number of thiocarbonyl (C=S) groups is 1. The zero-order valence-electron chi connectivity index (χ0n) is 12.4. The third-order valence-corrected chi connectivity index (χ3v) is 3.12. The van der Waals surface area contributed by atoms with Crippen LogP contribution in [0.15, 0.2) is 18.2 Å². The summed E-state index contributed by atoms with van der Waals surface area (Å²) in [5.74, 6) is 0.473. The summed E-state index contributed by atoms with van der Waals surface area (Å²) in [4.78, 5) is 2.75. The molecule has 0 unspecified atom stereocenters. The van der Waals surface area contributed by atoms with Crippen LogP contribution in [0.2, 0.25) is 0 Å². The van der Waals surface area contributed by atoms with Crippen LogP contribution in [0.3, 0.4) is 0 Å². The Morgan fingerprint density at radius 3 is 2.65 bits per heavy atom. The molecule has 0 bridgehead atoms. The average molecular weight is 298 g/mol. The summed E-state index contributed by atoms with van der Waals surface area (Å²) in [6.07, 6.45) is 0.681. The van der Waals surface area contributed by atoms with Gasteiger partial charge in [-0.2, -0.15) is 0 Å². The van der Waals surface area contributed by atoms with Crippen molar-refractivity contribution in [3.63, 3.8) is 0 Å². The Balaban J connectivity index is 2.72. The topological polar surface area (TPSA) is 38.5 Å². The van der Waals surface area contributed by atoms with Crippen LogP contribution in [-0.4, -0.2) is 30.1 Å². The highest BCUT2D eigenvalue weighted by Gasteiger charge is 2.11. The van der Waals surface area contributed by atoms with Crippen molar-refractivity contribution in [2.45, 2.75) is 26.8 Å². The van der Waals surface area contributed by atoms with Crippen molar-refractivity contribution >= 4 is 17.2 Å². The third-order valence-electron chi connectivity index (χ3n) is 2.92. The molecule has 2 N–H and O–H groups in total.